The van der Waals surface area contributed by atoms with E-state index in [0.717, 1.165) is 0 Å². The van der Waals surface area contributed by atoms with Crippen LogP contribution >= 0.6 is 15.6 Å². The number of rotatable bonds is 2. The molecule has 0 aromatic heterocycles. The molecule has 0 fully saturated rings. The fourth-order valence-corrected chi connectivity index (χ4v) is 0.698. The minimum Gasteiger partial charge on any atom is -0.780 e. The van der Waals surface area contributed by atoms with Crippen molar-refractivity contribution in [1.29, 1.82) is 0 Å². The molecule has 9 nitrogen and oxygen atoms in total. The molecular formula is CMn2O9P2. The van der Waals surface area contributed by atoms with Crippen molar-refractivity contribution >= 4 is 21.8 Å². The van der Waals surface area contributed by atoms with E-state index in [-0.39, 0.29) is 34.1 Å². The molecule has 0 atom stereocenters. The molecule has 2 radical (unpaired) electrons. The van der Waals surface area contributed by atoms with Crippen LogP contribution in [0.2, 0.25) is 0 Å². The van der Waals surface area contributed by atoms with Crippen molar-refractivity contribution in [1.82, 2.24) is 0 Å². The molecule has 0 spiro atoms. The van der Waals surface area contributed by atoms with Gasteiger partial charge in [-0.2, -0.15) is 0 Å². The van der Waals surface area contributed by atoms with Crippen molar-refractivity contribution in [3.8, 4) is 0 Å². The predicted molar refractivity (Wildman–Crippen MR) is 22.8 cm³/mol. The Morgan fingerprint density at radius 2 is 1.07 bits per heavy atom. The molecule has 0 N–H and O–H groups in total. The Kier molecular flexibility index (Phi) is 10.0. The van der Waals surface area contributed by atoms with E-state index in [1.165, 1.54) is 0 Å². The van der Waals surface area contributed by atoms with Crippen molar-refractivity contribution in [2.24, 2.45) is 0 Å². The second-order valence-corrected chi connectivity index (χ2v) is 3.48. The van der Waals surface area contributed by atoms with Gasteiger partial charge in [0.15, 0.2) is 0 Å². The van der Waals surface area contributed by atoms with E-state index >= 15 is 0 Å². The summed E-state index contributed by atoms with van der Waals surface area (Å²) in [6, 6.07) is 0. The van der Waals surface area contributed by atoms with Gasteiger partial charge in [-0.1, -0.05) is 0 Å². The molecule has 0 aliphatic heterocycles. The summed E-state index contributed by atoms with van der Waals surface area (Å²) < 4.78 is 24.8. The van der Waals surface area contributed by atoms with Crippen LogP contribution in [0.25, 0.3) is 0 Å². The fourth-order valence-electron chi connectivity index (χ4n) is 0.199. The van der Waals surface area contributed by atoms with Gasteiger partial charge >= 0.3 is 40.3 Å². The maximum absolute atomic E-state index is 9.89. The van der Waals surface area contributed by atoms with Crippen LogP contribution < -0.4 is 19.6 Å². The molecule has 0 heterocycles. The van der Waals surface area contributed by atoms with Gasteiger partial charge in [0.05, 0.1) is 0 Å². The van der Waals surface area contributed by atoms with E-state index < -0.39 is 21.8 Å². The van der Waals surface area contributed by atoms with Crippen LogP contribution in [0.5, 0.6) is 0 Å². The molecule has 0 aromatic carbocycles. The van der Waals surface area contributed by atoms with E-state index in [9.17, 15) is 33.5 Å². The molecule has 0 aromatic rings. The summed E-state index contributed by atoms with van der Waals surface area (Å²) in [5, 5.41) is 0. The number of phosphoric acid groups is 2. The molecule has 0 amide bonds. The first-order chi connectivity index (χ1) is 5.10. The topological polar surface area (TPSA) is 162 Å². The summed E-state index contributed by atoms with van der Waals surface area (Å²) in [7, 11) is -11.4. The number of phosphoric ester groups is 2. The second-order valence-electron chi connectivity index (χ2n) is 1.33. The monoisotopic (exact) mass is 328 g/mol. The number of hydrogen-bond acceptors (Lipinski definition) is 9. The first-order valence-electron chi connectivity index (χ1n) is 2.07. The molecule has 14 heavy (non-hydrogen) atoms. The van der Waals surface area contributed by atoms with Crippen LogP contribution in [0.3, 0.4) is 0 Å². The standard InChI is InChI=1S/CH4O9P2.2Mn/c2-1(9-11(3,4)5)10-12(6,7)8;;/h(H2,3,4,5)(H2,6,7,8);;/q;2*+2/p-4. The maximum atomic E-state index is 9.89. The largest absolute Gasteiger partial charge is 2.00 e. The van der Waals surface area contributed by atoms with E-state index in [4.69, 9.17) is 0 Å². The Morgan fingerprint density at radius 1 is 0.857 bits per heavy atom. The van der Waals surface area contributed by atoms with E-state index in [1.54, 1.807) is 0 Å². The average Bonchev–Trinajstić information content (AvgIpc) is 1.49. The third-order valence-corrected chi connectivity index (χ3v) is 1.12. The fraction of sp³-hybridized carbons (Fsp3) is 0. The quantitative estimate of drug-likeness (QED) is 0.375. The van der Waals surface area contributed by atoms with E-state index in [2.05, 4.69) is 9.05 Å². The van der Waals surface area contributed by atoms with Gasteiger partial charge in [0.1, 0.15) is 15.6 Å². The molecule has 0 unspecified atom stereocenters. The average molecular weight is 328 g/mol. The number of hydrogen-bond donors (Lipinski definition) is 0. The molecular weight excluding hydrogens is 328 g/mol. The van der Waals surface area contributed by atoms with Crippen molar-refractivity contribution in [3.05, 3.63) is 0 Å². The molecule has 82 valence electrons. The van der Waals surface area contributed by atoms with Gasteiger partial charge in [0, 0.05) is 0 Å². The molecule has 0 saturated heterocycles. The summed E-state index contributed by atoms with van der Waals surface area (Å²) in [5.41, 5.74) is 0. The van der Waals surface area contributed by atoms with Gasteiger partial charge < -0.3 is 37.8 Å². The summed E-state index contributed by atoms with van der Waals surface area (Å²) in [4.78, 5) is 48.2. The third kappa shape index (κ3) is 15.1. The Morgan fingerprint density at radius 3 is 1.21 bits per heavy atom. The predicted octanol–water partition coefficient (Wildman–Crippen LogP) is -3.21. The minimum atomic E-state index is -5.68. The van der Waals surface area contributed by atoms with Gasteiger partial charge in [0.25, 0.3) is 0 Å². The zero-order valence-electron chi connectivity index (χ0n) is 5.82. The van der Waals surface area contributed by atoms with Crippen LogP contribution in [0.4, 0.5) is 4.79 Å². The van der Waals surface area contributed by atoms with Crippen molar-refractivity contribution in [2.45, 2.75) is 0 Å². The van der Waals surface area contributed by atoms with E-state index in [0.29, 0.717) is 0 Å². The van der Waals surface area contributed by atoms with Gasteiger partial charge in [-0.25, -0.2) is 4.79 Å². The SMILES string of the molecule is O=C(OP(=O)([O-])[O-])OP(=O)([O-])[O-].[Mn+2].[Mn+2]. The Hall–Kier alpha value is 0.609. The first-order valence-corrected chi connectivity index (χ1v) is 4.99. The summed E-state index contributed by atoms with van der Waals surface area (Å²) in [6.45, 7) is 0. The van der Waals surface area contributed by atoms with Gasteiger partial charge in [-0.3, -0.25) is 0 Å². The first kappa shape index (κ1) is 20.1. The summed E-state index contributed by atoms with van der Waals surface area (Å²) >= 11 is 0. The zero-order valence-corrected chi connectivity index (χ0v) is 9.97. The molecule has 13 heteroatoms. The van der Waals surface area contributed by atoms with Crippen LogP contribution in [0.15, 0.2) is 0 Å². The van der Waals surface area contributed by atoms with Crippen LogP contribution in [-0.2, 0) is 52.3 Å². The van der Waals surface area contributed by atoms with Crippen molar-refractivity contribution in [3.63, 3.8) is 0 Å². The Labute approximate surface area is 98.6 Å². The van der Waals surface area contributed by atoms with Crippen molar-refractivity contribution in [2.75, 3.05) is 0 Å². The normalized spacial score (nSPS) is 10.6. The summed E-state index contributed by atoms with van der Waals surface area (Å²) in [6.07, 6.45) is -2.39. The van der Waals surface area contributed by atoms with Crippen molar-refractivity contribution < 1.29 is 76.7 Å². The number of carbonyl (C=O) groups excluding carboxylic acids is 1. The second kappa shape index (κ2) is 6.98. The molecule has 0 aliphatic rings. The molecule has 0 aliphatic carbocycles. The van der Waals surface area contributed by atoms with Crippen LogP contribution in [0, 0.1) is 0 Å². The maximum Gasteiger partial charge on any atom is 2.00 e. The third-order valence-electron chi connectivity index (χ3n) is 0.373. The van der Waals surface area contributed by atoms with Gasteiger partial charge in [-0.05, 0) is 0 Å². The van der Waals surface area contributed by atoms with Gasteiger partial charge in [0.2, 0.25) is 0 Å². The zero-order chi connectivity index (χ0) is 9.99. The summed E-state index contributed by atoms with van der Waals surface area (Å²) in [5.74, 6) is 0. The van der Waals surface area contributed by atoms with Crippen LogP contribution in [-0.4, -0.2) is 6.16 Å². The molecule has 0 saturated carbocycles. The molecule has 0 rings (SSSR count). The van der Waals surface area contributed by atoms with E-state index in [1.807, 2.05) is 0 Å². The number of carbonyl (C=O) groups is 1. The van der Waals surface area contributed by atoms with Gasteiger partial charge in [-0.15, -0.1) is 0 Å². The Bertz CT molecular complexity index is 236. The smallest absolute Gasteiger partial charge is 0.780 e. The molecule has 0 bridgehead atoms. The minimum absolute atomic E-state index is 0. The van der Waals surface area contributed by atoms with Crippen LogP contribution in [0.1, 0.15) is 0 Å². The Balaban J connectivity index is -0.000000605.